The number of aliphatic hydroxyl groups is 1. The Bertz CT molecular complexity index is 488. The molecule has 2 heterocycles. The van der Waals surface area contributed by atoms with Crippen molar-refractivity contribution in [1.29, 1.82) is 0 Å². The number of hydrogen-bond acceptors (Lipinski definition) is 4. The maximum atomic E-state index is 8.76. The zero-order valence-corrected chi connectivity index (χ0v) is 14.0. The van der Waals surface area contributed by atoms with Gasteiger partial charge in [0.25, 0.3) is 0 Å². The average Bonchev–Trinajstić information content (AvgIpc) is 2.83. The molecular weight excluding hydrogens is 280 g/mol. The van der Waals surface area contributed by atoms with Crippen LogP contribution in [-0.4, -0.2) is 54.2 Å². The van der Waals surface area contributed by atoms with E-state index in [0.29, 0.717) is 12.5 Å². The molecule has 1 aliphatic rings. The zero-order valence-electron chi connectivity index (χ0n) is 13.1. The van der Waals surface area contributed by atoms with Crippen LogP contribution in [0.2, 0.25) is 0 Å². The lowest BCUT2D eigenvalue weighted by Crippen LogP contribution is -2.39. The van der Waals surface area contributed by atoms with Crippen molar-refractivity contribution >= 4 is 11.3 Å². The van der Waals surface area contributed by atoms with Crippen LogP contribution in [0.5, 0.6) is 0 Å². The molecule has 1 saturated heterocycles. The SMILES string of the molecule is CCC1CN(C)CCCN1Cc1ccc(C#CCCO)s1. The second-order valence-corrected chi connectivity index (χ2v) is 6.86. The minimum atomic E-state index is 0.144. The molecule has 0 radical (unpaired) electrons. The van der Waals surface area contributed by atoms with Gasteiger partial charge in [0.1, 0.15) is 0 Å². The third-order valence-corrected chi connectivity index (χ3v) is 4.95. The van der Waals surface area contributed by atoms with Crippen LogP contribution < -0.4 is 0 Å². The first kappa shape index (κ1) is 16.5. The summed E-state index contributed by atoms with van der Waals surface area (Å²) in [6, 6.07) is 4.97. The molecule has 0 bridgehead atoms. The van der Waals surface area contributed by atoms with E-state index in [1.165, 1.54) is 37.4 Å². The lowest BCUT2D eigenvalue weighted by atomic mass is 10.2. The average molecular weight is 306 g/mol. The Morgan fingerprint density at radius 1 is 1.38 bits per heavy atom. The van der Waals surface area contributed by atoms with E-state index < -0.39 is 0 Å². The summed E-state index contributed by atoms with van der Waals surface area (Å²) in [5, 5.41) is 8.76. The van der Waals surface area contributed by atoms with Gasteiger partial charge >= 0.3 is 0 Å². The quantitative estimate of drug-likeness (QED) is 0.865. The topological polar surface area (TPSA) is 26.7 Å². The summed E-state index contributed by atoms with van der Waals surface area (Å²) in [4.78, 5) is 7.58. The van der Waals surface area contributed by atoms with Crippen LogP contribution in [-0.2, 0) is 6.54 Å². The summed E-state index contributed by atoms with van der Waals surface area (Å²) in [6.07, 6.45) is 3.02. The van der Waals surface area contributed by atoms with Crippen molar-refractivity contribution in [2.75, 3.05) is 33.3 Å². The second kappa shape index (κ2) is 8.55. The monoisotopic (exact) mass is 306 g/mol. The van der Waals surface area contributed by atoms with E-state index in [1.807, 2.05) is 0 Å². The van der Waals surface area contributed by atoms with Crippen molar-refractivity contribution in [3.63, 3.8) is 0 Å². The lowest BCUT2D eigenvalue weighted by molar-refractivity contribution is 0.177. The highest BCUT2D eigenvalue weighted by Gasteiger charge is 2.22. The highest BCUT2D eigenvalue weighted by atomic mass is 32.1. The molecular formula is C17H26N2OS. The van der Waals surface area contributed by atoms with Gasteiger partial charge in [-0.05, 0) is 38.6 Å². The molecule has 1 unspecified atom stereocenters. The summed E-state index contributed by atoms with van der Waals surface area (Å²) in [6.45, 7) is 7.03. The van der Waals surface area contributed by atoms with Gasteiger partial charge < -0.3 is 10.0 Å². The Labute approximate surface area is 132 Å². The molecule has 0 aliphatic carbocycles. The largest absolute Gasteiger partial charge is 0.395 e. The third-order valence-electron chi connectivity index (χ3n) is 3.96. The van der Waals surface area contributed by atoms with Crippen LogP contribution in [0.25, 0.3) is 0 Å². The van der Waals surface area contributed by atoms with Crippen LogP contribution in [0.4, 0.5) is 0 Å². The fourth-order valence-corrected chi connectivity index (χ4v) is 3.73. The van der Waals surface area contributed by atoms with Crippen LogP contribution in [0.3, 0.4) is 0 Å². The maximum Gasteiger partial charge on any atom is 0.0771 e. The van der Waals surface area contributed by atoms with Gasteiger partial charge in [0, 0.05) is 37.0 Å². The Balaban J connectivity index is 1.98. The van der Waals surface area contributed by atoms with Gasteiger partial charge in [-0.1, -0.05) is 18.8 Å². The van der Waals surface area contributed by atoms with E-state index >= 15 is 0 Å². The number of likely N-dealkylation sites (N-methyl/N-ethyl adjacent to an activating group) is 1. The van der Waals surface area contributed by atoms with Crippen molar-refractivity contribution < 1.29 is 5.11 Å². The summed E-state index contributed by atoms with van der Waals surface area (Å²) in [5.74, 6) is 6.12. The molecule has 21 heavy (non-hydrogen) atoms. The molecule has 0 aromatic carbocycles. The fourth-order valence-electron chi connectivity index (χ4n) is 2.82. The standard InChI is InChI=1S/C17H26N2OS/c1-3-15-13-18(2)10-6-11-19(15)14-17-9-8-16(21-17)7-4-5-12-20/h8-9,15,20H,3,5-6,10-14H2,1-2H3. The molecule has 1 aromatic heterocycles. The number of rotatable bonds is 4. The molecule has 1 fully saturated rings. The van der Waals surface area contributed by atoms with Gasteiger partial charge in [-0.15, -0.1) is 11.3 Å². The Kier molecular flexibility index (Phi) is 6.72. The molecule has 1 aliphatic heterocycles. The molecule has 1 aromatic rings. The van der Waals surface area contributed by atoms with Crippen molar-refractivity contribution in [1.82, 2.24) is 9.80 Å². The number of hydrogen-bond donors (Lipinski definition) is 1. The molecule has 0 amide bonds. The van der Waals surface area contributed by atoms with E-state index in [0.717, 1.165) is 11.4 Å². The predicted molar refractivity (Wildman–Crippen MR) is 89.5 cm³/mol. The van der Waals surface area contributed by atoms with Crippen LogP contribution in [0, 0.1) is 11.8 Å². The third kappa shape index (κ3) is 5.12. The summed E-state index contributed by atoms with van der Waals surface area (Å²) >= 11 is 1.79. The van der Waals surface area contributed by atoms with Crippen molar-refractivity contribution in [2.24, 2.45) is 0 Å². The van der Waals surface area contributed by atoms with Gasteiger partial charge in [0.05, 0.1) is 11.5 Å². The normalized spacial score (nSPS) is 20.8. The number of nitrogens with zero attached hydrogens (tertiary/aromatic N) is 2. The van der Waals surface area contributed by atoms with Gasteiger partial charge in [0.2, 0.25) is 0 Å². The first-order valence-corrected chi connectivity index (χ1v) is 8.65. The Morgan fingerprint density at radius 3 is 3.00 bits per heavy atom. The summed E-state index contributed by atoms with van der Waals surface area (Å²) in [7, 11) is 2.23. The summed E-state index contributed by atoms with van der Waals surface area (Å²) in [5.41, 5.74) is 0. The first-order valence-electron chi connectivity index (χ1n) is 7.84. The lowest BCUT2D eigenvalue weighted by Gasteiger charge is -2.29. The second-order valence-electron chi connectivity index (χ2n) is 5.69. The Hall–Kier alpha value is -0.860. The van der Waals surface area contributed by atoms with Crippen molar-refractivity contribution in [3.8, 4) is 11.8 Å². The summed E-state index contributed by atoms with van der Waals surface area (Å²) < 4.78 is 0. The molecule has 1 atom stereocenters. The highest BCUT2D eigenvalue weighted by Crippen LogP contribution is 2.21. The predicted octanol–water partition coefficient (Wildman–Crippen LogP) is 2.40. The van der Waals surface area contributed by atoms with E-state index in [4.69, 9.17) is 5.11 Å². The fraction of sp³-hybridized carbons (Fsp3) is 0.647. The molecule has 2 rings (SSSR count). The van der Waals surface area contributed by atoms with Gasteiger partial charge in [-0.3, -0.25) is 4.90 Å². The van der Waals surface area contributed by atoms with Crippen LogP contribution in [0.1, 0.15) is 35.9 Å². The minimum absolute atomic E-state index is 0.144. The molecule has 4 heteroatoms. The van der Waals surface area contributed by atoms with Gasteiger partial charge in [-0.2, -0.15) is 0 Å². The van der Waals surface area contributed by atoms with Crippen molar-refractivity contribution in [3.05, 3.63) is 21.9 Å². The van der Waals surface area contributed by atoms with E-state index in [-0.39, 0.29) is 6.61 Å². The van der Waals surface area contributed by atoms with E-state index in [9.17, 15) is 0 Å². The van der Waals surface area contributed by atoms with Gasteiger partial charge in [-0.25, -0.2) is 0 Å². The van der Waals surface area contributed by atoms with E-state index in [2.05, 4.69) is 47.7 Å². The maximum absolute atomic E-state index is 8.76. The Morgan fingerprint density at radius 2 is 2.24 bits per heavy atom. The minimum Gasteiger partial charge on any atom is -0.395 e. The van der Waals surface area contributed by atoms with Crippen LogP contribution in [0.15, 0.2) is 12.1 Å². The van der Waals surface area contributed by atoms with Crippen molar-refractivity contribution in [2.45, 2.75) is 38.8 Å². The van der Waals surface area contributed by atoms with Crippen LogP contribution >= 0.6 is 11.3 Å². The first-order chi connectivity index (χ1) is 10.2. The van der Waals surface area contributed by atoms with E-state index in [1.54, 1.807) is 11.3 Å². The molecule has 1 N–H and O–H groups in total. The zero-order chi connectivity index (χ0) is 15.1. The smallest absolute Gasteiger partial charge is 0.0771 e. The molecule has 116 valence electrons. The number of thiophene rings is 1. The molecule has 0 saturated carbocycles. The highest BCUT2D eigenvalue weighted by molar-refractivity contribution is 7.12. The molecule has 0 spiro atoms. The van der Waals surface area contributed by atoms with Gasteiger partial charge in [0.15, 0.2) is 0 Å². The number of aliphatic hydroxyl groups excluding tert-OH is 1. The molecule has 3 nitrogen and oxygen atoms in total.